The van der Waals surface area contributed by atoms with Crippen molar-refractivity contribution in [1.29, 1.82) is 0 Å². The molecule has 5 rings (SSSR count). The first kappa shape index (κ1) is 22.3. The van der Waals surface area contributed by atoms with Crippen LogP contribution in [-0.2, 0) is 15.1 Å². The van der Waals surface area contributed by atoms with Crippen LogP contribution in [0.4, 0.5) is 10.5 Å². The van der Waals surface area contributed by atoms with Crippen molar-refractivity contribution in [2.24, 2.45) is 0 Å². The molecule has 0 bridgehead atoms. The van der Waals surface area contributed by atoms with E-state index in [-0.39, 0.29) is 0 Å². The van der Waals surface area contributed by atoms with Crippen molar-refractivity contribution in [2.45, 2.75) is 12.5 Å². The Bertz CT molecular complexity index is 1480. The minimum Gasteiger partial charge on any atom is -0.497 e. The van der Waals surface area contributed by atoms with Crippen LogP contribution in [0.3, 0.4) is 0 Å². The fraction of sp³-hybridized carbons (Fsp3) is 0.192. The van der Waals surface area contributed by atoms with Crippen LogP contribution in [-0.4, -0.2) is 43.5 Å². The number of anilines is 1. The van der Waals surface area contributed by atoms with E-state index in [9.17, 15) is 14.4 Å². The second kappa shape index (κ2) is 8.35. The van der Waals surface area contributed by atoms with Gasteiger partial charge in [0.05, 0.1) is 19.9 Å². The molecule has 0 unspecified atom stereocenters. The van der Waals surface area contributed by atoms with Crippen LogP contribution in [0.1, 0.15) is 12.5 Å². The van der Waals surface area contributed by atoms with E-state index in [0.717, 1.165) is 15.7 Å². The van der Waals surface area contributed by atoms with Crippen molar-refractivity contribution < 1.29 is 28.3 Å². The lowest BCUT2D eigenvalue weighted by atomic mass is 9.92. The van der Waals surface area contributed by atoms with Gasteiger partial charge in [0, 0.05) is 16.8 Å². The largest absolute Gasteiger partial charge is 0.497 e. The maximum Gasteiger partial charge on any atom is 0.325 e. The molecule has 4 aromatic rings. The van der Waals surface area contributed by atoms with Crippen LogP contribution in [0.15, 0.2) is 65.1 Å². The van der Waals surface area contributed by atoms with E-state index < -0.39 is 29.9 Å². The number of ether oxygens (including phenoxy) is 2. The van der Waals surface area contributed by atoms with Crippen molar-refractivity contribution in [3.05, 3.63) is 66.2 Å². The molecular weight excluding hydrogens is 450 g/mol. The molecule has 2 N–H and O–H groups in total. The Hall–Kier alpha value is -4.53. The van der Waals surface area contributed by atoms with E-state index in [2.05, 4.69) is 10.6 Å². The number of carbonyl (C=O) groups is 3. The predicted molar refractivity (Wildman–Crippen MR) is 129 cm³/mol. The molecule has 1 atom stereocenters. The number of benzene rings is 3. The van der Waals surface area contributed by atoms with E-state index in [1.165, 1.54) is 7.11 Å². The molecule has 2 heterocycles. The van der Waals surface area contributed by atoms with Gasteiger partial charge >= 0.3 is 6.03 Å². The molecule has 3 aromatic carbocycles. The minimum atomic E-state index is -1.30. The molecule has 1 aliphatic heterocycles. The molecule has 0 aliphatic carbocycles. The van der Waals surface area contributed by atoms with Gasteiger partial charge in [-0.2, -0.15) is 0 Å². The van der Waals surface area contributed by atoms with Gasteiger partial charge in [-0.1, -0.05) is 30.3 Å². The SMILES string of the molecule is COc1ccc([C@]2(C)NC(=O)N(CC(=O)Nc3cc4oc5ccccc5c4cc3OC)C2=O)cc1. The molecule has 9 heteroatoms. The zero-order valence-corrected chi connectivity index (χ0v) is 19.4. The summed E-state index contributed by atoms with van der Waals surface area (Å²) < 4.78 is 16.5. The van der Waals surface area contributed by atoms with Crippen LogP contribution >= 0.6 is 0 Å². The Morgan fingerprint density at radius 3 is 2.46 bits per heavy atom. The average Bonchev–Trinajstić information content (AvgIpc) is 3.33. The monoisotopic (exact) mass is 473 g/mol. The normalized spacial score (nSPS) is 17.6. The van der Waals surface area contributed by atoms with Crippen molar-refractivity contribution in [3.8, 4) is 11.5 Å². The number of hydrogen-bond donors (Lipinski definition) is 2. The van der Waals surface area contributed by atoms with Crippen LogP contribution in [0.5, 0.6) is 11.5 Å². The number of amides is 4. The molecule has 4 amide bonds. The van der Waals surface area contributed by atoms with Crippen LogP contribution in [0.2, 0.25) is 0 Å². The topological polar surface area (TPSA) is 110 Å². The molecule has 1 aromatic heterocycles. The highest BCUT2D eigenvalue weighted by atomic mass is 16.5. The lowest BCUT2D eigenvalue weighted by molar-refractivity contribution is -0.133. The summed E-state index contributed by atoms with van der Waals surface area (Å²) in [7, 11) is 3.04. The number of furan rings is 1. The molecule has 0 spiro atoms. The molecule has 178 valence electrons. The summed E-state index contributed by atoms with van der Waals surface area (Å²) >= 11 is 0. The van der Waals surface area contributed by atoms with Gasteiger partial charge in [0.2, 0.25) is 5.91 Å². The number of nitrogens with zero attached hydrogens (tertiary/aromatic N) is 1. The van der Waals surface area contributed by atoms with Crippen molar-refractivity contribution in [3.63, 3.8) is 0 Å². The number of urea groups is 1. The van der Waals surface area contributed by atoms with Gasteiger partial charge < -0.3 is 24.5 Å². The summed E-state index contributed by atoms with van der Waals surface area (Å²) in [4.78, 5) is 39.6. The third-order valence-corrected chi connectivity index (χ3v) is 6.22. The molecule has 1 aliphatic rings. The second-order valence-electron chi connectivity index (χ2n) is 8.37. The quantitative estimate of drug-likeness (QED) is 0.410. The Morgan fingerprint density at radius 2 is 1.74 bits per heavy atom. The highest BCUT2D eigenvalue weighted by Gasteiger charge is 2.49. The van der Waals surface area contributed by atoms with E-state index >= 15 is 0 Å². The summed E-state index contributed by atoms with van der Waals surface area (Å²) in [5, 5.41) is 7.20. The van der Waals surface area contributed by atoms with E-state index in [1.807, 2.05) is 24.3 Å². The molecular formula is C26H23N3O6. The third kappa shape index (κ3) is 3.71. The fourth-order valence-electron chi connectivity index (χ4n) is 4.31. The summed E-state index contributed by atoms with van der Waals surface area (Å²) in [6.07, 6.45) is 0. The van der Waals surface area contributed by atoms with Gasteiger partial charge in [0.15, 0.2) is 0 Å². The summed E-state index contributed by atoms with van der Waals surface area (Å²) in [6.45, 7) is 1.14. The Kier molecular flexibility index (Phi) is 5.32. The number of hydrogen-bond acceptors (Lipinski definition) is 6. The number of para-hydroxylation sites is 1. The maximum absolute atomic E-state index is 13.2. The van der Waals surface area contributed by atoms with Crippen LogP contribution < -0.4 is 20.1 Å². The lowest BCUT2D eigenvalue weighted by Crippen LogP contribution is -2.42. The number of nitrogens with one attached hydrogen (secondary N) is 2. The standard InChI is InChI=1S/C26H23N3O6/c1-26(15-8-10-16(33-2)11-9-15)24(31)29(25(32)28-26)14-23(30)27-19-13-21-18(12-22(19)34-3)17-6-4-5-7-20(17)35-21/h4-13H,14H2,1-3H3,(H,27,30)(H,28,32)/t26-/m0/s1. The zero-order chi connectivity index (χ0) is 24.7. The van der Waals surface area contributed by atoms with Crippen molar-refractivity contribution in [2.75, 3.05) is 26.1 Å². The van der Waals surface area contributed by atoms with Gasteiger partial charge in [-0.3, -0.25) is 14.5 Å². The van der Waals surface area contributed by atoms with Gasteiger partial charge in [0.1, 0.15) is 34.7 Å². The fourth-order valence-corrected chi connectivity index (χ4v) is 4.31. The number of fused-ring (bicyclic) bond motifs is 3. The number of imide groups is 1. The minimum absolute atomic E-state index is 0.369. The van der Waals surface area contributed by atoms with E-state index in [4.69, 9.17) is 13.9 Å². The summed E-state index contributed by atoms with van der Waals surface area (Å²) in [5.41, 5.74) is 0.939. The van der Waals surface area contributed by atoms with Gasteiger partial charge in [-0.05, 0) is 36.8 Å². The third-order valence-electron chi connectivity index (χ3n) is 6.22. The Morgan fingerprint density at radius 1 is 1.00 bits per heavy atom. The first-order valence-corrected chi connectivity index (χ1v) is 10.9. The highest BCUT2D eigenvalue weighted by Crippen LogP contribution is 2.36. The number of rotatable bonds is 6. The zero-order valence-electron chi connectivity index (χ0n) is 19.4. The van der Waals surface area contributed by atoms with E-state index in [0.29, 0.717) is 33.9 Å². The average molecular weight is 473 g/mol. The smallest absolute Gasteiger partial charge is 0.325 e. The van der Waals surface area contributed by atoms with Crippen LogP contribution in [0.25, 0.3) is 21.9 Å². The van der Waals surface area contributed by atoms with Gasteiger partial charge in [-0.15, -0.1) is 0 Å². The van der Waals surface area contributed by atoms with Crippen LogP contribution in [0, 0.1) is 0 Å². The Balaban J connectivity index is 1.37. The lowest BCUT2D eigenvalue weighted by Gasteiger charge is -2.22. The number of methoxy groups -OCH3 is 2. The molecule has 0 radical (unpaired) electrons. The molecule has 1 fully saturated rings. The summed E-state index contributed by atoms with van der Waals surface area (Å²) in [5.74, 6) is -0.0258. The second-order valence-corrected chi connectivity index (χ2v) is 8.37. The predicted octanol–water partition coefficient (Wildman–Crippen LogP) is 4.01. The molecule has 9 nitrogen and oxygen atoms in total. The first-order valence-electron chi connectivity index (χ1n) is 10.9. The number of carbonyl (C=O) groups excluding carboxylic acids is 3. The van der Waals surface area contributed by atoms with Gasteiger partial charge in [-0.25, -0.2) is 4.79 Å². The first-order chi connectivity index (χ1) is 16.8. The van der Waals surface area contributed by atoms with Crippen molar-refractivity contribution >= 4 is 45.5 Å². The maximum atomic E-state index is 13.2. The highest BCUT2D eigenvalue weighted by molar-refractivity contribution is 6.11. The summed E-state index contributed by atoms with van der Waals surface area (Å²) in [6, 6.07) is 17.2. The van der Waals surface area contributed by atoms with E-state index in [1.54, 1.807) is 50.4 Å². The molecule has 0 saturated carbocycles. The molecule has 1 saturated heterocycles. The van der Waals surface area contributed by atoms with Gasteiger partial charge in [0.25, 0.3) is 5.91 Å². The molecule has 35 heavy (non-hydrogen) atoms. The van der Waals surface area contributed by atoms with Crippen molar-refractivity contribution in [1.82, 2.24) is 10.2 Å². The Labute approximate surface area is 200 Å².